The van der Waals surface area contributed by atoms with Gasteiger partial charge in [-0.3, -0.25) is 34.7 Å². The molecule has 0 radical (unpaired) electrons. The largest absolute Gasteiger partial charge is 0.445 e. The number of ether oxygens (including phenoxy) is 2. The fraction of sp³-hybridized carbons (Fsp3) is 0.556. The van der Waals surface area contributed by atoms with Crippen LogP contribution in [0.15, 0.2) is 48.5 Å². The van der Waals surface area contributed by atoms with Crippen molar-refractivity contribution in [3.05, 3.63) is 79.9 Å². The molecule has 2 aliphatic heterocycles. The number of carbonyl (C=O) groups excluding carboxylic acids is 4. The second kappa shape index (κ2) is 18.9. The van der Waals surface area contributed by atoms with Crippen molar-refractivity contribution in [2.45, 2.75) is 100 Å². The molecule has 54 heavy (non-hydrogen) atoms. The van der Waals surface area contributed by atoms with Crippen LogP contribution in [-0.2, 0) is 32.3 Å². The van der Waals surface area contributed by atoms with Crippen LogP contribution in [0, 0.1) is 26.1 Å². The molecule has 2 saturated heterocycles. The van der Waals surface area contributed by atoms with Gasteiger partial charge in [-0.1, -0.05) is 32.1 Å². The van der Waals surface area contributed by atoms with Gasteiger partial charge in [0.1, 0.15) is 19.3 Å². The smallest absolute Gasteiger partial charge is 0.410 e. The molecule has 3 fully saturated rings. The van der Waals surface area contributed by atoms with Crippen LogP contribution in [0.2, 0.25) is 0 Å². The summed E-state index contributed by atoms with van der Waals surface area (Å²) in [5.74, 6) is -0.471. The van der Waals surface area contributed by atoms with Crippen LogP contribution in [0.3, 0.4) is 0 Å². The number of nitrogens with one attached hydrogen (secondary N) is 2. The second-order valence-corrected chi connectivity index (χ2v) is 14.9. The first kappa shape index (κ1) is 40.2. The minimum absolute atomic E-state index is 0.0850. The number of likely N-dealkylation sites (tertiary alicyclic amines) is 2. The predicted molar refractivity (Wildman–Crippen MR) is 196 cm³/mol. The van der Waals surface area contributed by atoms with Crippen molar-refractivity contribution >= 4 is 48.0 Å². The molecule has 2 unspecified atom stereocenters. The van der Waals surface area contributed by atoms with Gasteiger partial charge < -0.3 is 30.1 Å². The zero-order chi connectivity index (χ0) is 38.8. The number of non-ortho nitro benzene ring substituents is 2. The Hall–Kier alpha value is -4.97. The maximum atomic E-state index is 13.6. The van der Waals surface area contributed by atoms with E-state index >= 15 is 0 Å². The maximum Gasteiger partial charge on any atom is 0.410 e. The van der Waals surface area contributed by atoms with Crippen molar-refractivity contribution in [1.82, 2.24) is 20.4 Å². The minimum atomic E-state index is -1.21. The van der Waals surface area contributed by atoms with Gasteiger partial charge in [0.15, 0.2) is 0 Å². The second-order valence-electron chi connectivity index (χ2n) is 14.1. The van der Waals surface area contributed by atoms with Crippen LogP contribution >= 0.6 is 12.6 Å². The van der Waals surface area contributed by atoms with E-state index < -0.39 is 46.1 Å². The molecule has 292 valence electrons. The van der Waals surface area contributed by atoms with E-state index in [1.807, 2.05) is 0 Å². The topological polar surface area (TPSA) is 224 Å². The lowest BCUT2D eigenvalue weighted by atomic mass is 9.83. The molecule has 5 atom stereocenters. The van der Waals surface area contributed by atoms with Crippen molar-refractivity contribution in [1.29, 1.82) is 0 Å². The molecule has 1 aliphatic carbocycles. The van der Waals surface area contributed by atoms with Gasteiger partial charge in [-0.25, -0.2) is 9.59 Å². The van der Waals surface area contributed by atoms with E-state index in [-0.39, 0.29) is 67.2 Å². The Morgan fingerprint density at radius 2 is 1.46 bits per heavy atom. The van der Waals surface area contributed by atoms with E-state index in [1.165, 1.54) is 53.4 Å². The van der Waals surface area contributed by atoms with Gasteiger partial charge in [0.25, 0.3) is 11.4 Å². The van der Waals surface area contributed by atoms with Crippen LogP contribution < -0.4 is 10.6 Å². The molecule has 2 aromatic carbocycles. The van der Waals surface area contributed by atoms with Crippen LogP contribution in [-0.4, -0.2) is 97.9 Å². The number of nitro groups is 2. The molecule has 2 heterocycles. The van der Waals surface area contributed by atoms with E-state index in [1.54, 1.807) is 4.90 Å². The molecule has 17 nitrogen and oxygen atoms in total. The number of nitro benzene ring substituents is 2. The number of amides is 4. The molecular weight excluding hydrogens is 724 g/mol. The summed E-state index contributed by atoms with van der Waals surface area (Å²) in [7, 11) is 0. The Bertz CT molecular complexity index is 1660. The normalized spacial score (nSPS) is 21.2. The van der Waals surface area contributed by atoms with Crippen LogP contribution in [0.25, 0.3) is 0 Å². The Labute approximate surface area is 317 Å². The molecule has 2 aromatic rings. The van der Waals surface area contributed by atoms with Crippen molar-refractivity contribution in [2.75, 3.05) is 19.6 Å². The molecule has 5 rings (SSSR count). The summed E-state index contributed by atoms with van der Waals surface area (Å²) in [6, 6.07) is 9.27. The third kappa shape index (κ3) is 11.3. The summed E-state index contributed by atoms with van der Waals surface area (Å²) in [5, 5.41) is 38.4. The predicted octanol–water partition coefficient (Wildman–Crippen LogP) is 4.25. The molecule has 0 bridgehead atoms. The van der Waals surface area contributed by atoms with Crippen LogP contribution in [0.5, 0.6) is 0 Å². The number of rotatable bonds is 14. The van der Waals surface area contributed by atoms with Gasteiger partial charge >= 0.3 is 12.2 Å². The lowest BCUT2D eigenvalue weighted by Gasteiger charge is -2.30. The standard InChI is InChI=1S/C36H46N6O11S/c43-32(30(16-23-4-2-1-3-5-23)38-35(46)52-21-24-6-10-27(11-7-24)41(48)49)18-33(44)37-26-14-15-39(19-26)34(45)31-17-29(54)20-40(31)36(47)53-22-25-8-12-28(13-9-25)42(50)51/h6-13,23,26,29-32,43,54H,1-5,14-22H2,(H,37,44)(H,38,46)/t26-,29-,30?,31-,32?/m0/s1. The van der Waals surface area contributed by atoms with Crippen molar-refractivity contribution in [3.63, 3.8) is 0 Å². The first-order chi connectivity index (χ1) is 25.9. The summed E-state index contributed by atoms with van der Waals surface area (Å²) >= 11 is 4.50. The molecule has 0 aromatic heterocycles. The van der Waals surface area contributed by atoms with E-state index in [2.05, 4.69) is 23.3 Å². The molecule has 4 amide bonds. The van der Waals surface area contributed by atoms with Crippen molar-refractivity contribution in [2.24, 2.45) is 5.92 Å². The number of hydrogen-bond donors (Lipinski definition) is 4. The summed E-state index contributed by atoms with van der Waals surface area (Å²) in [5.41, 5.74) is 0.933. The van der Waals surface area contributed by atoms with Gasteiger partial charge in [-0.2, -0.15) is 12.6 Å². The highest BCUT2D eigenvalue weighted by molar-refractivity contribution is 7.81. The Balaban J connectivity index is 1.10. The van der Waals surface area contributed by atoms with Gasteiger partial charge in [0, 0.05) is 55.2 Å². The molecule has 18 heteroatoms. The van der Waals surface area contributed by atoms with Gasteiger partial charge in [0.05, 0.1) is 28.4 Å². The third-order valence-corrected chi connectivity index (χ3v) is 10.5. The highest BCUT2D eigenvalue weighted by Crippen LogP contribution is 2.29. The quantitative estimate of drug-likeness (QED) is 0.121. The highest BCUT2D eigenvalue weighted by atomic mass is 32.1. The average Bonchev–Trinajstić information content (AvgIpc) is 3.79. The Morgan fingerprint density at radius 3 is 2.06 bits per heavy atom. The summed E-state index contributed by atoms with van der Waals surface area (Å²) in [6.45, 7) is 0.488. The molecule has 0 spiro atoms. The average molecular weight is 771 g/mol. The summed E-state index contributed by atoms with van der Waals surface area (Å²) in [6.07, 6.45) is 3.39. The zero-order valence-corrected chi connectivity index (χ0v) is 30.6. The number of hydrogen-bond acceptors (Lipinski definition) is 12. The first-order valence-electron chi connectivity index (χ1n) is 18.1. The molecule has 1 saturated carbocycles. The fourth-order valence-corrected chi connectivity index (χ4v) is 7.62. The first-order valence-corrected chi connectivity index (χ1v) is 18.7. The summed E-state index contributed by atoms with van der Waals surface area (Å²) < 4.78 is 10.8. The van der Waals surface area contributed by atoms with Crippen molar-refractivity contribution in [3.8, 4) is 0 Å². The number of aliphatic hydroxyl groups excluding tert-OH is 1. The number of alkyl carbamates (subject to hydrolysis) is 1. The molecule has 3 aliphatic rings. The van der Waals surface area contributed by atoms with Gasteiger partial charge in [0.2, 0.25) is 11.8 Å². The number of thiol groups is 1. The lowest BCUT2D eigenvalue weighted by Crippen LogP contribution is -2.49. The van der Waals surface area contributed by atoms with E-state index in [0.29, 0.717) is 36.9 Å². The van der Waals surface area contributed by atoms with Crippen molar-refractivity contribution < 1.29 is 43.6 Å². The third-order valence-electron chi connectivity index (χ3n) is 10.2. The number of aliphatic hydroxyl groups is 1. The van der Waals surface area contributed by atoms with E-state index in [9.17, 15) is 44.5 Å². The lowest BCUT2D eigenvalue weighted by molar-refractivity contribution is -0.385. The number of carbonyl (C=O) groups is 4. The maximum absolute atomic E-state index is 13.6. The van der Waals surface area contributed by atoms with Crippen LogP contribution in [0.1, 0.15) is 68.9 Å². The van der Waals surface area contributed by atoms with E-state index in [0.717, 1.165) is 32.1 Å². The van der Waals surface area contributed by atoms with Crippen LogP contribution in [0.4, 0.5) is 21.0 Å². The van der Waals surface area contributed by atoms with Gasteiger partial charge in [-0.15, -0.1) is 0 Å². The Morgan fingerprint density at radius 1 is 0.870 bits per heavy atom. The summed E-state index contributed by atoms with van der Waals surface area (Å²) in [4.78, 5) is 76.3. The molecule has 3 N–H and O–H groups in total. The monoisotopic (exact) mass is 770 g/mol. The SMILES string of the molecule is O=C(CC(O)C(CC1CCCCC1)NC(=O)OCc1ccc([N+](=O)[O-])cc1)N[C@H]1CCN(C(=O)[C@@H]2C[C@H](S)CN2C(=O)OCc2ccc([N+](=O)[O-])cc2)C1. The minimum Gasteiger partial charge on any atom is -0.445 e. The number of nitrogens with zero attached hydrogens (tertiary/aromatic N) is 4. The zero-order valence-electron chi connectivity index (χ0n) is 29.7. The Kier molecular flexibility index (Phi) is 14.1. The highest BCUT2D eigenvalue weighted by Gasteiger charge is 2.43. The fourth-order valence-electron chi connectivity index (χ4n) is 7.25. The molecular formula is C36H46N6O11S. The van der Waals surface area contributed by atoms with E-state index in [4.69, 9.17) is 9.47 Å². The van der Waals surface area contributed by atoms with Gasteiger partial charge in [-0.05, 0) is 60.6 Å². The number of benzene rings is 2.